The summed E-state index contributed by atoms with van der Waals surface area (Å²) in [6.45, 7) is 2.56. The van der Waals surface area contributed by atoms with E-state index in [2.05, 4.69) is 21.2 Å². The number of phenolic OH excluding ortho intramolecular Hbond substituents is 1. The SMILES string of the molecule is O=C(NCCC(=O)N1CCOCC1)c1ccc(Br)cc1O. The van der Waals surface area contributed by atoms with Crippen molar-refractivity contribution in [2.24, 2.45) is 0 Å². The molecule has 1 aromatic carbocycles. The minimum absolute atomic E-state index is 0.00127. The Morgan fingerprint density at radius 1 is 1.33 bits per heavy atom. The number of carbonyl (C=O) groups excluding carboxylic acids is 2. The van der Waals surface area contributed by atoms with E-state index in [9.17, 15) is 14.7 Å². The average molecular weight is 357 g/mol. The first kappa shape index (κ1) is 15.8. The van der Waals surface area contributed by atoms with Gasteiger partial charge in [-0.25, -0.2) is 0 Å². The molecule has 2 rings (SSSR count). The van der Waals surface area contributed by atoms with Crippen molar-refractivity contribution >= 4 is 27.7 Å². The Balaban J connectivity index is 1.79. The van der Waals surface area contributed by atoms with Gasteiger partial charge in [-0.15, -0.1) is 0 Å². The summed E-state index contributed by atoms with van der Waals surface area (Å²) in [5.74, 6) is -0.491. The van der Waals surface area contributed by atoms with Crippen LogP contribution in [0.5, 0.6) is 5.75 Å². The number of rotatable bonds is 4. The molecule has 0 aliphatic carbocycles. The number of hydrogen-bond acceptors (Lipinski definition) is 4. The van der Waals surface area contributed by atoms with Crippen LogP contribution in [0.3, 0.4) is 0 Å². The summed E-state index contributed by atoms with van der Waals surface area (Å²) in [7, 11) is 0. The molecule has 1 heterocycles. The monoisotopic (exact) mass is 356 g/mol. The highest BCUT2D eigenvalue weighted by atomic mass is 79.9. The molecule has 0 saturated carbocycles. The minimum atomic E-state index is -0.394. The molecule has 0 radical (unpaired) electrons. The average Bonchev–Trinajstić information content (AvgIpc) is 2.47. The highest BCUT2D eigenvalue weighted by molar-refractivity contribution is 9.10. The van der Waals surface area contributed by atoms with E-state index in [0.29, 0.717) is 30.8 Å². The maximum absolute atomic E-state index is 11.9. The quantitative estimate of drug-likeness (QED) is 0.847. The van der Waals surface area contributed by atoms with E-state index in [0.717, 1.165) is 0 Å². The third kappa shape index (κ3) is 4.44. The van der Waals surface area contributed by atoms with Crippen LogP contribution in [0, 0.1) is 0 Å². The molecule has 1 aliphatic heterocycles. The molecule has 0 unspecified atom stereocenters. The number of nitrogens with zero attached hydrogens (tertiary/aromatic N) is 1. The second-order valence-corrected chi connectivity index (χ2v) is 5.58. The first-order chi connectivity index (χ1) is 10.1. The van der Waals surface area contributed by atoms with Crippen molar-refractivity contribution in [3.8, 4) is 5.75 Å². The molecule has 2 N–H and O–H groups in total. The lowest BCUT2D eigenvalue weighted by atomic mass is 10.2. The van der Waals surface area contributed by atoms with Gasteiger partial charge in [0.2, 0.25) is 5.91 Å². The van der Waals surface area contributed by atoms with Crippen LogP contribution in [-0.4, -0.2) is 54.7 Å². The van der Waals surface area contributed by atoms with E-state index >= 15 is 0 Å². The molecule has 7 heteroatoms. The summed E-state index contributed by atoms with van der Waals surface area (Å²) < 4.78 is 5.87. The standard InChI is InChI=1S/C14H17BrN2O4/c15-10-1-2-11(12(18)9-10)14(20)16-4-3-13(19)17-5-7-21-8-6-17/h1-2,9,18H,3-8H2,(H,16,20). The zero-order chi connectivity index (χ0) is 15.2. The molecule has 0 aromatic heterocycles. The number of hydrogen-bond donors (Lipinski definition) is 2. The first-order valence-electron chi connectivity index (χ1n) is 6.70. The lowest BCUT2D eigenvalue weighted by molar-refractivity contribution is -0.135. The van der Waals surface area contributed by atoms with Crippen LogP contribution < -0.4 is 5.32 Å². The number of aromatic hydroxyl groups is 1. The number of ether oxygens (including phenoxy) is 1. The number of amides is 2. The van der Waals surface area contributed by atoms with Gasteiger partial charge in [0.25, 0.3) is 5.91 Å². The second-order valence-electron chi connectivity index (χ2n) is 4.66. The van der Waals surface area contributed by atoms with Crippen molar-refractivity contribution in [2.75, 3.05) is 32.8 Å². The van der Waals surface area contributed by atoms with E-state index in [1.54, 1.807) is 11.0 Å². The van der Waals surface area contributed by atoms with E-state index in [1.165, 1.54) is 12.1 Å². The molecular weight excluding hydrogens is 340 g/mol. The maximum Gasteiger partial charge on any atom is 0.255 e. The van der Waals surface area contributed by atoms with Gasteiger partial charge in [-0.2, -0.15) is 0 Å². The summed E-state index contributed by atoms with van der Waals surface area (Å²) >= 11 is 3.21. The van der Waals surface area contributed by atoms with Gasteiger partial charge in [0.15, 0.2) is 0 Å². The Kier molecular flexibility index (Phi) is 5.58. The molecule has 1 fully saturated rings. The van der Waals surface area contributed by atoms with Gasteiger partial charge in [0.05, 0.1) is 18.8 Å². The normalized spacial score (nSPS) is 14.8. The van der Waals surface area contributed by atoms with Crippen molar-refractivity contribution in [2.45, 2.75) is 6.42 Å². The highest BCUT2D eigenvalue weighted by Crippen LogP contribution is 2.22. The third-order valence-electron chi connectivity index (χ3n) is 3.19. The van der Waals surface area contributed by atoms with Crippen molar-refractivity contribution in [3.63, 3.8) is 0 Å². The number of benzene rings is 1. The number of nitrogens with one attached hydrogen (secondary N) is 1. The summed E-state index contributed by atoms with van der Waals surface area (Å²) in [4.78, 5) is 25.5. The minimum Gasteiger partial charge on any atom is -0.507 e. The lowest BCUT2D eigenvalue weighted by Gasteiger charge is -2.26. The molecule has 1 aromatic rings. The van der Waals surface area contributed by atoms with E-state index < -0.39 is 5.91 Å². The number of morpholine rings is 1. The van der Waals surface area contributed by atoms with E-state index in [-0.39, 0.29) is 30.2 Å². The van der Waals surface area contributed by atoms with Gasteiger partial charge in [0, 0.05) is 30.5 Å². The number of carbonyl (C=O) groups is 2. The predicted octanol–water partition coefficient (Wildman–Crippen LogP) is 1.13. The van der Waals surface area contributed by atoms with Gasteiger partial charge in [0.1, 0.15) is 5.75 Å². The maximum atomic E-state index is 11.9. The van der Waals surface area contributed by atoms with Crippen LogP contribution in [0.1, 0.15) is 16.8 Å². The van der Waals surface area contributed by atoms with Crippen molar-refractivity contribution in [3.05, 3.63) is 28.2 Å². The van der Waals surface area contributed by atoms with Crippen LogP contribution in [0.4, 0.5) is 0 Å². The summed E-state index contributed by atoms with van der Waals surface area (Å²) in [6.07, 6.45) is 0.239. The van der Waals surface area contributed by atoms with Crippen molar-refractivity contribution in [1.29, 1.82) is 0 Å². The summed E-state index contributed by atoms with van der Waals surface area (Å²) in [6, 6.07) is 4.65. The first-order valence-corrected chi connectivity index (χ1v) is 7.49. The van der Waals surface area contributed by atoms with Gasteiger partial charge in [-0.05, 0) is 18.2 Å². The lowest BCUT2D eigenvalue weighted by Crippen LogP contribution is -2.42. The molecule has 0 atom stereocenters. The van der Waals surface area contributed by atoms with Crippen LogP contribution in [-0.2, 0) is 9.53 Å². The Morgan fingerprint density at radius 2 is 2.05 bits per heavy atom. The Morgan fingerprint density at radius 3 is 2.71 bits per heavy atom. The van der Waals surface area contributed by atoms with E-state index in [1.807, 2.05) is 0 Å². The largest absolute Gasteiger partial charge is 0.507 e. The smallest absolute Gasteiger partial charge is 0.255 e. The Bertz CT molecular complexity index is 530. The second kappa shape index (κ2) is 7.42. The molecule has 2 amide bonds. The predicted molar refractivity (Wildman–Crippen MR) is 80.2 cm³/mol. The molecule has 0 spiro atoms. The van der Waals surface area contributed by atoms with E-state index in [4.69, 9.17) is 4.74 Å². The number of halogens is 1. The molecule has 1 aliphatic rings. The molecule has 21 heavy (non-hydrogen) atoms. The zero-order valence-electron chi connectivity index (χ0n) is 11.5. The molecule has 0 bridgehead atoms. The zero-order valence-corrected chi connectivity index (χ0v) is 13.1. The van der Waals surface area contributed by atoms with Crippen molar-refractivity contribution in [1.82, 2.24) is 10.2 Å². The van der Waals surface area contributed by atoms with Crippen LogP contribution in [0.25, 0.3) is 0 Å². The molecule has 6 nitrogen and oxygen atoms in total. The van der Waals surface area contributed by atoms with Gasteiger partial charge in [-0.3, -0.25) is 9.59 Å². The fourth-order valence-corrected chi connectivity index (χ4v) is 2.39. The third-order valence-corrected chi connectivity index (χ3v) is 3.69. The Hall–Kier alpha value is -1.60. The Labute approximate surface area is 131 Å². The van der Waals surface area contributed by atoms with Gasteiger partial charge in [-0.1, -0.05) is 15.9 Å². The fourth-order valence-electron chi connectivity index (χ4n) is 2.05. The van der Waals surface area contributed by atoms with Gasteiger partial charge < -0.3 is 20.1 Å². The summed E-state index contributed by atoms with van der Waals surface area (Å²) in [5.41, 5.74) is 0.192. The van der Waals surface area contributed by atoms with Crippen molar-refractivity contribution < 1.29 is 19.4 Å². The van der Waals surface area contributed by atoms with Gasteiger partial charge >= 0.3 is 0 Å². The van der Waals surface area contributed by atoms with Crippen LogP contribution in [0.15, 0.2) is 22.7 Å². The summed E-state index contributed by atoms with van der Waals surface area (Å²) in [5, 5.41) is 12.3. The number of phenols is 1. The topological polar surface area (TPSA) is 78.9 Å². The molecular formula is C14H17BrN2O4. The molecule has 1 saturated heterocycles. The van der Waals surface area contributed by atoms with Crippen LogP contribution >= 0.6 is 15.9 Å². The van der Waals surface area contributed by atoms with Crippen LogP contribution in [0.2, 0.25) is 0 Å². The molecule has 114 valence electrons. The highest BCUT2D eigenvalue weighted by Gasteiger charge is 2.17. The fraction of sp³-hybridized carbons (Fsp3) is 0.429.